The van der Waals surface area contributed by atoms with E-state index in [-0.39, 0.29) is 19.1 Å². The average molecular weight is 431 g/mol. The molecular weight excluding hydrogens is 409 g/mol. The number of amides is 1. The van der Waals surface area contributed by atoms with Crippen LogP contribution in [0, 0.1) is 6.92 Å². The van der Waals surface area contributed by atoms with Gasteiger partial charge in [-0.3, -0.25) is 4.79 Å². The second-order valence-electron chi connectivity index (χ2n) is 7.09. The van der Waals surface area contributed by atoms with Gasteiger partial charge in [0.05, 0.1) is 17.7 Å². The number of halogens is 1. The Kier molecular flexibility index (Phi) is 6.55. The van der Waals surface area contributed by atoms with E-state index in [4.69, 9.17) is 9.26 Å². The van der Waals surface area contributed by atoms with E-state index < -0.39 is 6.67 Å². The molecule has 0 atom stereocenters. The van der Waals surface area contributed by atoms with Gasteiger partial charge in [0.15, 0.2) is 0 Å². The van der Waals surface area contributed by atoms with Crippen LogP contribution in [0.1, 0.15) is 21.7 Å². The lowest BCUT2D eigenvalue weighted by Gasteiger charge is -2.21. The first-order valence-electron chi connectivity index (χ1n) is 10.2. The number of benzene rings is 2. The number of carbonyl (C=O) groups is 1. The van der Waals surface area contributed by atoms with Gasteiger partial charge in [-0.15, -0.1) is 0 Å². The first-order chi connectivity index (χ1) is 15.7. The van der Waals surface area contributed by atoms with Gasteiger partial charge in [-0.05, 0) is 25.1 Å². The third kappa shape index (κ3) is 4.67. The molecule has 4 rings (SSSR count). The van der Waals surface area contributed by atoms with Gasteiger partial charge in [0.25, 0.3) is 5.91 Å². The average Bonchev–Trinajstić information content (AvgIpc) is 3.22. The van der Waals surface area contributed by atoms with Crippen molar-refractivity contribution >= 4 is 11.6 Å². The molecule has 7 heteroatoms. The number of carbonyl (C=O) groups excluding carboxylic acids is 1. The monoisotopic (exact) mass is 431 g/mol. The van der Waals surface area contributed by atoms with Crippen LogP contribution in [-0.4, -0.2) is 29.3 Å². The highest BCUT2D eigenvalue weighted by atomic mass is 19.1. The summed E-state index contributed by atoms with van der Waals surface area (Å²) in [6.07, 6.45) is 1.43. The van der Waals surface area contributed by atoms with Gasteiger partial charge in [0, 0.05) is 23.5 Å². The maximum Gasteiger partial charge on any atom is 0.259 e. The lowest BCUT2D eigenvalue weighted by Crippen LogP contribution is -2.32. The summed E-state index contributed by atoms with van der Waals surface area (Å²) in [7, 11) is 0. The maximum atomic E-state index is 13.0. The number of hydrogen-bond acceptors (Lipinski definition) is 5. The molecule has 0 unspecified atom stereocenters. The number of anilines is 1. The summed E-state index contributed by atoms with van der Waals surface area (Å²) in [5.74, 6) is 0.701. The molecule has 2 aromatic heterocycles. The molecule has 0 bridgehead atoms. The van der Waals surface area contributed by atoms with Crippen LogP contribution in [0.2, 0.25) is 0 Å². The molecule has 2 heterocycles. The van der Waals surface area contributed by atoms with Crippen LogP contribution < -0.4 is 9.64 Å². The predicted molar refractivity (Wildman–Crippen MR) is 119 cm³/mol. The second-order valence-corrected chi connectivity index (χ2v) is 7.09. The van der Waals surface area contributed by atoms with E-state index in [1.165, 1.54) is 11.1 Å². The second kappa shape index (κ2) is 9.87. The molecule has 0 saturated heterocycles. The largest absolute Gasteiger partial charge is 0.473 e. The number of aryl methyl sites for hydroxylation is 1. The van der Waals surface area contributed by atoms with Crippen molar-refractivity contribution in [2.45, 2.75) is 13.5 Å². The van der Waals surface area contributed by atoms with Gasteiger partial charge in [-0.25, -0.2) is 9.37 Å². The van der Waals surface area contributed by atoms with Crippen molar-refractivity contribution in [2.24, 2.45) is 0 Å². The smallest absolute Gasteiger partial charge is 0.259 e. The van der Waals surface area contributed by atoms with Gasteiger partial charge in [0.1, 0.15) is 24.7 Å². The third-order valence-electron chi connectivity index (χ3n) is 5.00. The summed E-state index contributed by atoms with van der Waals surface area (Å²) in [5.41, 5.74) is 3.47. The highest BCUT2D eigenvalue weighted by molar-refractivity contribution is 6.05. The molecule has 0 aliphatic carbocycles. The zero-order valence-electron chi connectivity index (χ0n) is 17.6. The van der Waals surface area contributed by atoms with E-state index in [0.717, 1.165) is 16.8 Å². The lowest BCUT2D eigenvalue weighted by atomic mass is 10.1. The number of ether oxygens (including phenoxy) is 1. The number of pyridine rings is 1. The zero-order chi connectivity index (χ0) is 22.3. The van der Waals surface area contributed by atoms with Crippen LogP contribution in [0.5, 0.6) is 5.88 Å². The van der Waals surface area contributed by atoms with Crippen LogP contribution in [0.25, 0.3) is 11.3 Å². The SMILES string of the molecule is Cc1onc(-c2ccccc2)c1COc1ccc(C(=O)N(CCF)c2ccccc2)cn1. The number of rotatable bonds is 8. The third-order valence-corrected chi connectivity index (χ3v) is 5.00. The Morgan fingerprint density at radius 2 is 1.75 bits per heavy atom. The molecule has 32 heavy (non-hydrogen) atoms. The van der Waals surface area contributed by atoms with E-state index >= 15 is 0 Å². The highest BCUT2D eigenvalue weighted by Crippen LogP contribution is 2.26. The molecule has 6 nitrogen and oxygen atoms in total. The standard InChI is InChI=1S/C25H22FN3O3/c1-18-22(24(28-32-18)19-8-4-2-5-9-19)17-31-23-13-12-20(16-27-23)25(30)29(15-14-26)21-10-6-3-7-11-21/h2-13,16H,14-15,17H2,1H3. The minimum absolute atomic E-state index is 0.0316. The summed E-state index contributed by atoms with van der Waals surface area (Å²) in [5, 5.41) is 4.15. The van der Waals surface area contributed by atoms with E-state index in [1.54, 1.807) is 36.4 Å². The highest BCUT2D eigenvalue weighted by Gasteiger charge is 2.19. The van der Waals surface area contributed by atoms with E-state index in [2.05, 4.69) is 10.1 Å². The molecule has 0 aliphatic rings. The molecule has 0 N–H and O–H groups in total. The summed E-state index contributed by atoms with van der Waals surface area (Å²) in [4.78, 5) is 18.5. The van der Waals surface area contributed by atoms with Gasteiger partial charge in [0.2, 0.25) is 5.88 Å². The molecule has 0 spiro atoms. The van der Waals surface area contributed by atoms with Gasteiger partial charge < -0.3 is 14.2 Å². The molecule has 0 aliphatic heterocycles. The number of para-hydroxylation sites is 1. The summed E-state index contributed by atoms with van der Waals surface area (Å²) >= 11 is 0. The van der Waals surface area contributed by atoms with Crippen molar-refractivity contribution < 1.29 is 18.4 Å². The minimum Gasteiger partial charge on any atom is -0.473 e. The summed E-state index contributed by atoms with van der Waals surface area (Å²) in [6, 6.07) is 21.9. The van der Waals surface area contributed by atoms with Gasteiger partial charge in [-0.2, -0.15) is 0 Å². The van der Waals surface area contributed by atoms with E-state index in [0.29, 0.717) is 22.9 Å². The minimum atomic E-state index is -0.642. The fourth-order valence-electron chi connectivity index (χ4n) is 3.32. The van der Waals surface area contributed by atoms with Crippen molar-refractivity contribution in [3.05, 3.63) is 95.9 Å². The molecular formula is C25H22FN3O3. The molecule has 1 amide bonds. The molecule has 0 saturated carbocycles. The fraction of sp³-hybridized carbons (Fsp3) is 0.160. The quantitative estimate of drug-likeness (QED) is 0.382. The van der Waals surface area contributed by atoms with Crippen molar-refractivity contribution in [1.82, 2.24) is 10.1 Å². The molecule has 162 valence electrons. The Hall–Kier alpha value is -4.00. The van der Waals surface area contributed by atoms with E-state index in [9.17, 15) is 9.18 Å². The number of nitrogens with zero attached hydrogens (tertiary/aromatic N) is 3. The first-order valence-corrected chi connectivity index (χ1v) is 10.2. The molecule has 0 radical (unpaired) electrons. The number of hydrogen-bond donors (Lipinski definition) is 0. The Morgan fingerprint density at radius 3 is 2.41 bits per heavy atom. The number of alkyl halides is 1. The molecule has 4 aromatic rings. The zero-order valence-corrected chi connectivity index (χ0v) is 17.6. The van der Waals surface area contributed by atoms with Crippen LogP contribution >= 0.6 is 0 Å². The Morgan fingerprint density at radius 1 is 1.03 bits per heavy atom. The fourth-order valence-corrected chi connectivity index (χ4v) is 3.32. The van der Waals surface area contributed by atoms with Crippen LogP contribution in [0.4, 0.5) is 10.1 Å². The van der Waals surface area contributed by atoms with Crippen LogP contribution in [0.15, 0.2) is 83.5 Å². The van der Waals surface area contributed by atoms with Crippen LogP contribution in [0.3, 0.4) is 0 Å². The van der Waals surface area contributed by atoms with Crippen molar-refractivity contribution in [3.8, 4) is 17.1 Å². The summed E-state index contributed by atoms with van der Waals surface area (Å²) in [6.45, 7) is 1.38. The van der Waals surface area contributed by atoms with Gasteiger partial charge in [-0.1, -0.05) is 53.7 Å². The van der Waals surface area contributed by atoms with Crippen molar-refractivity contribution in [2.75, 3.05) is 18.1 Å². The predicted octanol–water partition coefficient (Wildman–Crippen LogP) is 5.24. The summed E-state index contributed by atoms with van der Waals surface area (Å²) < 4.78 is 24.2. The molecule has 0 fully saturated rings. The lowest BCUT2D eigenvalue weighted by molar-refractivity contribution is 0.0984. The number of aromatic nitrogens is 2. The normalized spacial score (nSPS) is 10.7. The first kappa shape index (κ1) is 21.2. The maximum absolute atomic E-state index is 13.0. The van der Waals surface area contributed by atoms with Crippen molar-refractivity contribution in [3.63, 3.8) is 0 Å². The van der Waals surface area contributed by atoms with E-state index in [1.807, 2.05) is 43.3 Å². The Bertz CT molecular complexity index is 1160. The molecule has 2 aromatic carbocycles. The van der Waals surface area contributed by atoms with Crippen LogP contribution in [-0.2, 0) is 6.61 Å². The van der Waals surface area contributed by atoms with Crippen molar-refractivity contribution in [1.29, 1.82) is 0 Å². The Labute approximate surface area is 185 Å². The van der Waals surface area contributed by atoms with Gasteiger partial charge >= 0.3 is 0 Å². The Balaban J connectivity index is 1.47. The topological polar surface area (TPSA) is 68.5 Å².